The summed E-state index contributed by atoms with van der Waals surface area (Å²) < 4.78 is 15.6. The van der Waals surface area contributed by atoms with Crippen molar-refractivity contribution in [2.24, 2.45) is 0 Å². The molecule has 11 heteroatoms. The summed E-state index contributed by atoms with van der Waals surface area (Å²) in [5.74, 6) is 1.40. The largest absolute Gasteiger partial charge is 0.497 e. The van der Waals surface area contributed by atoms with Crippen molar-refractivity contribution in [3.05, 3.63) is 57.9 Å². The molecule has 0 saturated heterocycles. The zero-order valence-corrected chi connectivity index (χ0v) is 17.1. The van der Waals surface area contributed by atoms with Gasteiger partial charge < -0.3 is 24.8 Å². The second-order valence-corrected chi connectivity index (χ2v) is 6.25. The first-order chi connectivity index (χ1) is 14.5. The molecule has 2 aromatic carbocycles. The van der Waals surface area contributed by atoms with Gasteiger partial charge in [0.1, 0.15) is 23.6 Å². The SMILES string of the molecule is COc1ccc(Nc2ncnc(Nc3cc(Cl)c(OC)cc3OC)c2[N+](=O)[O-])cc1. The summed E-state index contributed by atoms with van der Waals surface area (Å²) in [6, 6.07) is 9.96. The Morgan fingerprint density at radius 1 is 0.933 bits per heavy atom. The van der Waals surface area contributed by atoms with Crippen LogP contribution in [0.2, 0.25) is 5.02 Å². The van der Waals surface area contributed by atoms with E-state index in [2.05, 4.69) is 20.6 Å². The first kappa shape index (κ1) is 20.9. The molecule has 0 fully saturated rings. The van der Waals surface area contributed by atoms with Crippen LogP contribution in [0.1, 0.15) is 0 Å². The molecule has 0 aliphatic heterocycles. The molecule has 1 heterocycles. The minimum Gasteiger partial charge on any atom is -0.497 e. The third-order valence-corrected chi connectivity index (χ3v) is 4.38. The maximum atomic E-state index is 11.8. The summed E-state index contributed by atoms with van der Waals surface area (Å²) in [4.78, 5) is 19.2. The van der Waals surface area contributed by atoms with Crippen LogP contribution in [0.5, 0.6) is 17.2 Å². The van der Waals surface area contributed by atoms with E-state index < -0.39 is 4.92 Å². The fraction of sp³-hybridized carbons (Fsp3) is 0.158. The maximum absolute atomic E-state index is 11.8. The third-order valence-electron chi connectivity index (χ3n) is 4.08. The Bertz CT molecular complexity index is 1060. The van der Waals surface area contributed by atoms with E-state index >= 15 is 0 Å². The molecule has 10 nitrogen and oxygen atoms in total. The molecule has 0 atom stereocenters. The average molecular weight is 432 g/mol. The molecule has 0 saturated carbocycles. The number of ether oxygens (including phenoxy) is 3. The number of nitrogens with zero attached hydrogens (tertiary/aromatic N) is 3. The average Bonchev–Trinajstić information content (AvgIpc) is 2.74. The second kappa shape index (κ2) is 9.14. The molecular weight excluding hydrogens is 414 g/mol. The lowest BCUT2D eigenvalue weighted by Gasteiger charge is -2.14. The molecular formula is C19H18ClN5O5. The highest BCUT2D eigenvalue weighted by Gasteiger charge is 2.24. The minimum atomic E-state index is -0.578. The topological polar surface area (TPSA) is 121 Å². The molecule has 0 aliphatic rings. The van der Waals surface area contributed by atoms with Crippen LogP contribution in [0, 0.1) is 10.1 Å². The van der Waals surface area contributed by atoms with Gasteiger partial charge in [-0.2, -0.15) is 0 Å². The lowest BCUT2D eigenvalue weighted by molar-refractivity contribution is -0.383. The molecule has 30 heavy (non-hydrogen) atoms. The van der Waals surface area contributed by atoms with E-state index in [-0.39, 0.29) is 17.3 Å². The lowest BCUT2D eigenvalue weighted by Crippen LogP contribution is -2.06. The van der Waals surface area contributed by atoms with Crippen LogP contribution < -0.4 is 24.8 Å². The Kier molecular flexibility index (Phi) is 6.38. The number of hydrogen-bond acceptors (Lipinski definition) is 9. The first-order valence-corrected chi connectivity index (χ1v) is 8.93. The Balaban J connectivity index is 1.99. The number of anilines is 4. The van der Waals surface area contributed by atoms with Crippen molar-refractivity contribution < 1.29 is 19.1 Å². The molecule has 0 spiro atoms. The number of nitrogens with one attached hydrogen (secondary N) is 2. The van der Waals surface area contributed by atoms with E-state index in [1.54, 1.807) is 37.4 Å². The number of halogens is 1. The molecule has 0 radical (unpaired) electrons. The fourth-order valence-electron chi connectivity index (χ4n) is 2.63. The van der Waals surface area contributed by atoms with Gasteiger partial charge in [0.15, 0.2) is 0 Å². The summed E-state index contributed by atoms with van der Waals surface area (Å²) in [6.07, 6.45) is 1.21. The fourth-order valence-corrected chi connectivity index (χ4v) is 2.87. The van der Waals surface area contributed by atoms with Crippen LogP contribution >= 0.6 is 11.6 Å². The van der Waals surface area contributed by atoms with Gasteiger partial charge in [-0.25, -0.2) is 9.97 Å². The van der Waals surface area contributed by atoms with Crippen LogP contribution in [-0.4, -0.2) is 36.2 Å². The van der Waals surface area contributed by atoms with E-state index in [0.717, 1.165) is 0 Å². The van der Waals surface area contributed by atoms with Gasteiger partial charge in [-0.15, -0.1) is 0 Å². The third kappa shape index (κ3) is 4.44. The molecule has 0 bridgehead atoms. The van der Waals surface area contributed by atoms with Crippen molar-refractivity contribution >= 4 is 40.3 Å². The summed E-state index contributed by atoms with van der Waals surface area (Å²) in [7, 11) is 4.48. The Labute approximate surface area is 176 Å². The highest BCUT2D eigenvalue weighted by molar-refractivity contribution is 6.32. The van der Waals surface area contributed by atoms with Crippen molar-refractivity contribution in [3.8, 4) is 17.2 Å². The summed E-state index contributed by atoms with van der Waals surface area (Å²) in [6.45, 7) is 0. The standard InChI is InChI=1S/C19H18ClN5O5/c1-28-12-6-4-11(5-7-12)23-18-17(25(26)27)19(22-10-21-18)24-14-8-13(20)15(29-2)9-16(14)30-3/h4-10H,1-3H3,(H2,21,22,23,24). The van der Waals surface area contributed by atoms with Crippen LogP contribution in [0.15, 0.2) is 42.7 Å². The number of aromatic nitrogens is 2. The van der Waals surface area contributed by atoms with E-state index in [4.69, 9.17) is 25.8 Å². The number of methoxy groups -OCH3 is 3. The zero-order chi connectivity index (χ0) is 21.7. The van der Waals surface area contributed by atoms with Crippen molar-refractivity contribution in [3.63, 3.8) is 0 Å². The van der Waals surface area contributed by atoms with E-state index in [1.807, 2.05) is 0 Å². The van der Waals surface area contributed by atoms with Crippen LogP contribution in [0.3, 0.4) is 0 Å². The highest BCUT2D eigenvalue weighted by atomic mass is 35.5. The summed E-state index contributed by atoms with van der Waals surface area (Å²) in [5, 5.41) is 17.9. The van der Waals surface area contributed by atoms with E-state index in [9.17, 15) is 10.1 Å². The van der Waals surface area contributed by atoms with Gasteiger partial charge in [-0.3, -0.25) is 10.1 Å². The predicted octanol–water partition coefficient (Wildman–Crippen LogP) is 4.55. The van der Waals surface area contributed by atoms with Gasteiger partial charge in [-0.05, 0) is 30.3 Å². The molecule has 0 aliphatic carbocycles. The van der Waals surface area contributed by atoms with Crippen molar-refractivity contribution in [1.29, 1.82) is 0 Å². The minimum absolute atomic E-state index is 0.0150. The molecule has 0 unspecified atom stereocenters. The van der Waals surface area contributed by atoms with Crippen molar-refractivity contribution in [2.45, 2.75) is 0 Å². The summed E-state index contributed by atoms with van der Waals surface area (Å²) in [5.41, 5.74) is 0.622. The monoisotopic (exact) mass is 431 g/mol. The molecule has 0 amide bonds. The molecule has 3 aromatic rings. The second-order valence-electron chi connectivity index (χ2n) is 5.84. The predicted molar refractivity (Wildman–Crippen MR) is 113 cm³/mol. The number of hydrogen-bond donors (Lipinski definition) is 2. The molecule has 3 rings (SSSR count). The quantitative estimate of drug-likeness (QED) is 0.390. The Hall–Kier alpha value is -3.79. The van der Waals surface area contributed by atoms with Gasteiger partial charge in [-0.1, -0.05) is 11.6 Å². The van der Waals surface area contributed by atoms with Crippen molar-refractivity contribution in [1.82, 2.24) is 9.97 Å². The van der Waals surface area contributed by atoms with Gasteiger partial charge in [0, 0.05) is 11.8 Å². The van der Waals surface area contributed by atoms with Gasteiger partial charge in [0.25, 0.3) is 0 Å². The van der Waals surface area contributed by atoms with Crippen LogP contribution in [0.4, 0.5) is 28.7 Å². The lowest BCUT2D eigenvalue weighted by atomic mass is 10.2. The molecule has 1 aromatic heterocycles. The normalized spacial score (nSPS) is 10.3. The first-order valence-electron chi connectivity index (χ1n) is 8.55. The number of rotatable bonds is 8. The zero-order valence-electron chi connectivity index (χ0n) is 16.3. The van der Waals surface area contributed by atoms with E-state index in [0.29, 0.717) is 33.6 Å². The van der Waals surface area contributed by atoms with Gasteiger partial charge in [0.2, 0.25) is 11.6 Å². The maximum Gasteiger partial charge on any atom is 0.353 e. The summed E-state index contributed by atoms with van der Waals surface area (Å²) >= 11 is 6.18. The Morgan fingerprint density at radius 3 is 2.13 bits per heavy atom. The molecule has 2 N–H and O–H groups in total. The number of benzene rings is 2. The van der Waals surface area contributed by atoms with Crippen LogP contribution in [0.25, 0.3) is 0 Å². The molecule has 156 valence electrons. The van der Waals surface area contributed by atoms with Gasteiger partial charge in [0.05, 0.1) is 37.0 Å². The smallest absolute Gasteiger partial charge is 0.353 e. The van der Waals surface area contributed by atoms with Crippen LogP contribution in [-0.2, 0) is 0 Å². The van der Waals surface area contributed by atoms with Gasteiger partial charge >= 0.3 is 5.69 Å². The Morgan fingerprint density at radius 2 is 1.57 bits per heavy atom. The number of nitro groups is 1. The highest BCUT2D eigenvalue weighted by Crippen LogP contribution is 2.40. The van der Waals surface area contributed by atoms with E-state index in [1.165, 1.54) is 26.6 Å². The van der Waals surface area contributed by atoms with Crippen molar-refractivity contribution in [2.75, 3.05) is 32.0 Å².